The Morgan fingerprint density at radius 3 is 1.94 bits per heavy atom. The van der Waals surface area contributed by atoms with E-state index in [-0.39, 0.29) is 0 Å². The van der Waals surface area contributed by atoms with Crippen molar-refractivity contribution in [1.82, 2.24) is 4.98 Å². The first kappa shape index (κ1) is 10.9. The van der Waals surface area contributed by atoms with E-state index in [1.807, 2.05) is 12.4 Å². The van der Waals surface area contributed by atoms with E-state index in [1.165, 1.54) is 11.1 Å². The van der Waals surface area contributed by atoms with Gasteiger partial charge in [-0.1, -0.05) is 44.2 Å². The molecule has 0 unspecified atom stereocenters. The number of nitrogens with zero attached hydrogens (tertiary/aromatic N) is 1. The highest BCUT2D eigenvalue weighted by Gasteiger charge is 2.17. The molecular formula is C15H17N. The fourth-order valence-corrected chi connectivity index (χ4v) is 2.19. The summed E-state index contributed by atoms with van der Waals surface area (Å²) in [6.07, 6.45) is 3.74. The van der Waals surface area contributed by atoms with Crippen LogP contribution in [0.3, 0.4) is 0 Å². The van der Waals surface area contributed by atoms with Crippen molar-refractivity contribution >= 4 is 0 Å². The topological polar surface area (TPSA) is 12.9 Å². The van der Waals surface area contributed by atoms with E-state index in [2.05, 4.69) is 61.3 Å². The van der Waals surface area contributed by atoms with Gasteiger partial charge in [-0.25, -0.2) is 0 Å². The number of hydrogen-bond acceptors (Lipinski definition) is 1. The molecule has 1 aromatic carbocycles. The second-order valence-corrected chi connectivity index (χ2v) is 4.41. The highest BCUT2D eigenvalue weighted by molar-refractivity contribution is 5.31. The van der Waals surface area contributed by atoms with Crippen LogP contribution in [0.2, 0.25) is 0 Å². The molecule has 0 saturated carbocycles. The maximum atomic E-state index is 4.08. The monoisotopic (exact) mass is 211 g/mol. The van der Waals surface area contributed by atoms with Crippen LogP contribution in [0.15, 0.2) is 54.9 Å². The summed E-state index contributed by atoms with van der Waals surface area (Å²) in [6.45, 7) is 4.52. The predicted molar refractivity (Wildman–Crippen MR) is 67.4 cm³/mol. The van der Waals surface area contributed by atoms with Gasteiger partial charge in [0.05, 0.1) is 0 Å². The van der Waals surface area contributed by atoms with Crippen molar-refractivity contribution in [3.63, 3.8) is 0 Å². The molecule has 1 heterocycles. The fourth-order valence-electron chi connectivity index (χ4n) is 2.19. The van der Waals surface area contributed by atoms with Crippen LogP contribution in [0.5, 0.6) is 0 Å². The van der Waals surface area contributed by atoms with Crippen molar-refractivity contribution < 1.29 is 0 Å². The lowest BCUT2D eigenvalue weighted by atomic mass is 9.83. The van der Waals surface area contributed by atoms with Crippen LogP contribution >= 0.6 is 0 Å². The molecule has 0 amide bonds. The molecule has 2 rings (SSSR count). The molecule has 0 bridgehead atoms. The average molecular weight is 211 g/mol. The van der Waals surface area contributed by atoms with Crippen molar-refractivity contribution in [2.45, 2.75) is 19.8 Å². The van der Waals surface area contributed by atoms with Crippen LogP contribution in [0, 0.1) is 5.92 Å². The third-order valence-electron chi connectivity index (χ3n) is 2.89. The summed E-state index contributed by atoms with van der Waals surface area (Å²) >= 11 is 0. The number of hydrogen-bond donors (Lipinski definition) is 0. The van der Waals surface area contributed by atoms with Crippen LogP contribution in [0.1, 0.15) is 30.9 Å². The second-order valence-electron chi connectivity index (χ2n) is 4.41. The zero-order chi connectivity index (χ0) is 11.4. The predicted octanol–water partition coefficient (Wildman–Crippen LogP) is 3.87. The average Bonchev–Trinajstić information content (AvgIpc) is 2.31. The SMILES string of the molecule is CC(C)[C@H](c1ccccc1)c1ccncc1. The lowest BCUT2D eigenvalue weighted by molar-refractivity contribution is 0.563. The van der Waals surface area contributed by atoms with Gasteiger partial charge in [-0.3, -0.25) is 4.98 Å². The minimum atomic E-state index is 0.462. The molecule has 0 N–H and O–H groups in total. The van der Waals surface area contributed by atoms with Crippen molar-refractivity contribution in [2.24, 2.45) is 5.92 Å². The zero-order valence-corrected chi connectivity index (χ0v) is 9.80. The second kappa shape index (κ2) is 4.93. The summed E-state index contributed by atoms with van der Waals surface area (Å²) in [5.41, 5.74) is 2.72. The molecule has 0 aliphatic rings. The Morgan fingerprint density at radius 2 is 1.38 bits per heavy atom. The number of rotatable bonds is 3. The summed E-state index contributed by atoms with van der Waals surface area (Å²) in [5, 5.41) is 0. The summed E-state index contributed by atoms with van der Waals surface area (Å²) in [6, 6.07) is 14.9. The fraction of sp³-hybridized carbons (Fsp3) is 0.267. The molecule has 0 aliphatic carbocycles. The third kappa shape index (κ3) is 2.30. The molecule has 1 heteroatoms. The summed E-state index contributed by atoms with van der Waals surface area (Å²) < 4.78 is 0. The standard InChI is InChI=1S/C15H17N/c1-12(2)15(13-6-4-3-5-7-13)14-8-10-16-11-9-14/h3-12,15H,1-2H3/t15-/m1/s1. The number of benzene rings is 1. The van der Waals surface area contributed by atoms with Gasteiger partial charge >= 0.3 is 0 Å². The first-order chi connectivity index (χ1) is 7.79. The van der Waals surface area contributed by atoms with E-state index < -0.39 is 0 Å². The van der Waals surface area contributed by atoms with Gasteiger partial charge in [0.2, 0.25) is 0 Å². The van der Waals surface area contributed by atoms with Crippen molar-refractivity contribution in [3.05, 3.63) is 66.0 Å². The Kier molecular flexibility index (Phi) is 3.35. The lowest BCUT2D eigenvalue weighted by Gasteiger charge is -2.21. The largest absolute Gasteiger partial charge is 0.265 e. The maximum absolute atomic E-state index is 4.08. The Labute approximate surface area is 97.2 Å². The van der Waals surface area contributed by atoms with E-state index in [1.54, 1.807) is 0 Å². The number of pyridine rings is 1. The summed E-state index contributed by atoms with van der Waals surface area (Å²) in [5.74, 6) is 1.05. The molecule has 2 aromatic rings. The van der Waals surface area contributed by atoms with Crippen LogP contribution in [-0.2, 0) is 0 Å². The van der Waals surface area contributed by atoms with Crippen molar-refractivity contribution in [1.29, 1.82) is 0 Å². The smallest absolute Gasteiger partial charge is 0.0270 e. The van der Waals surface area contributed by atoms with Gasteiger partial charge in [0, 0.05) is 18.3 Å². The van der Waals surface area contributed by atoms with E-state index >= 15 is 0 Å². The van der Waals surface area contributed by atoms with E-state index in [9.17, 15) is 0 Å². The van der Waals surface area contributed by atoms with Crippen LogP contribution in [0.25, 0.3) is 0 Å². The molecule has 0 fully saturated rings. The lowest BCUT2D eigenvalue weighted by Crippen LogP contribution is -2.08. The minimum Gasteiger partial charge on any atom is -0.265 e. The molecule has 1 nitrogen and oxygen atoms in total. The first-order valence-corrected chi connectivity index (χ1v) is 5.74. The Morgan fingerprint density at radius 1 is 0.812 bits per heavy atom. The maximum Gasteiger partial charge on any atom is 0.0270 e. The molecular weight excluding hydrogens is 194 g/mol. The highest BCUT2D eigenvalue weighted by Crippen LogP contribution is 2.30. The minimum absolute atomic E-state index is 0.462. The van der Waals surface area contributed by atoms with E-state index in [0.29, 0.717) is 11.8 Å². The van der Waals surface area contributed by atoms with Crippen LogP contribution in [-0.4, -0.2) is 4.98 Å². The van der Waals surface area contributed by atoms with Gasteiger partial charge in [0.15, 0.2) is 0 Å². The number of aromatic nitrogens is 1. The third-order valence-corrected chi connectivity index (χ3v) is 2.89. The molecule has 0 saturated heterocycles. The Hall–Kier alpha value is -1.63. The van der Waals surface area contributed by atoms with Gasteiger partial charge in [0.25, 0.3) is 0 Å². The van der Waals surface area contributed by atoms with Crippen LogP contribution in [0.4, 0.5) is 0 Å². The van der Waals surface area contributed by atoms with Gasteiger partial charge in [-0.05, 0) is 29.2 Å². The quantitative estimate of drug-likeness (QED) is 0.751. The summed E-state index contributed by atoms with van der Waals surface area (Å²) in [4.78, 5) is 4.08. The molecule has 1 aromatic heterocycles. The van der Waals surface area contributed by atoms with Crippen molar-refractivity contribution in [2.75, 3.05) is 0 Å². The molecule has 0 spiro atoms. The van der Waals surface area contributed by atoms with Gasteiger partial charge < -0.3 is 0 Å². The summed E-state index contributed by atoms with van der Waals surface area (Å²) in [7, 11) is 0. The molecule has 1 atom stereocenters. The molecule has 82 valence electrons. The van der Waals surface area contributed by atoms with E-state index in [4.69, 9.17) is 0 Å². The molecule has 0 radical (unpaired) electrons. The van der Waals surface area contributed by atoms with Crippen molar-refractivity contribution in [3.8, 4) is 0 Å². The van der Waals surface area contributed by atoms with E-state index in [0.717, 1.165) is 0 Å². The molecule has 0 aliphatic heterocycles. The van der Waals surface area contributed by atoms with Gasteiger partial charge in [0.1, 0.15) is 0 Å². The first-order valence-electron chi connectivity index (χ1n) is 5.74. The zero-order valence-electron chi connectivity index (χ0n) is 9.80. The van der Waals surface area contributed by atoms with Crippen LogP contribution < -0.4 is 0 Å². The Bertz CT molecular complexity index is 380. The normalized spacial score (nSPS) is 12.7. The highest BCUT2D eigenvalue weighted by atomic mass is 14.6. The Balaban J connectivity index is 2.40. The molecule has 16 heavy (non-hydrogen) atoms. The van der Waals surface area contributed by atoms with Gasteiger partial charge in [-0.15, -0.1) is 0 Å². The van der Waals surface area contributed by atoms with Gasteiger partial charge in [-0.2, -0.15) is 0 Å².